The lowest BCUT2D eigenvalue weighted by atomic mass is 9.92. The van der Waals surface area contributed by atoms with E-state index in [4.69, 9.17) is 5.73 Å². The third kappa shape index (κ3) is 3.40. The van der Waals surface area contributed by atoms with Gasteiger partial charge in [0.05, 0.1) is 17.9 Å². The number of nitrogens with zero attached hydrogens (tertiary/aromatic N) is 3. The number of nitrogens with one attached hydrogen (secondary N) is 1. The van der Waals surface area contributed by atoms with Crippen LogP contribution in [-0.4, -0.2) is 51.6 Å². The summed E-state index contributed by atoms with van der Waals surface area (Å²) in [6.45, 7) is 7.25. The molecule has 0 unspecified atom stereocenters. The van der Waals surface area contributed by atoms with Gasteiger partial charge in [-0.3, -0.25) is 9.89 Å². The van der Waals surface area contributed by atoms with Crippen molar-refractivity contribution < 1.29 is 9.59 Å². The number of aromatic amines is 1. The molecule has 2 rings (SSSR count). The number of carbonyl (C=O) groups is 2. The Labute approximate surface area is 130 Å². The van der Waals surface area contributed by atoms with Crippen LogP contribution in [0.1, 0.15) is 45.0 Å². The monoisotopic (exact) mass is 307 g/mol. The van der Waals surface area contributed by atoms with Crippen molar-refractivity contribution in [2.45, 2.75) is 51.6 Å². The molecular formula is C15H25N5O2. The summed E-state index contributed by atoms with van der Waals surface area (Å²) in [5.74, 6) is -0.0804. The number of carbonyl (C=O) groups excluding carboxylic acids is 2. The SMILES string of the molecule is CN(Cc1cc(C(C)(C)C)n[nH]1)C(=O)[C@@H]1CCCN1C(N)=O. The lowest BCUT2D eigenvalue weighted by Gasteiger charge is -2.26. The van der Waals surface area contributed by atoms with Crippen LogP contribution in [0.3, 0.4) is 0 Å². The van der Waals surface area contributed by atoms with Crippen LogP contribution in [0.15, 0.2) is 6.07 Å². The average Bonchev–Trinajstić information content (AvgIpc) is 3.05. The maximum absolute atomic E-state index is 12.5. The van der Waals surface area contributed by atoms with Gasteiger partial charge in [0, 0.05) is 19.0 Å². The minimum absolute atomic E-state index is 0.0362. The van der Waals surface area contributed by atoms with Crippen molar-refractivity contribution in [1.82, 2.24) is 20.0 Å². The van der Waals surface area contributed by atoms with Crippen molar-refractivity contribution >= 4 is 11.9 Å². The summed E-state index contributed by atoms with van der Waals surface area (Å²) in [7, 11) is 1.73. The zero-order chi connectivity index (χ0) is 16.5. The molecule has 122 valence electrons. The highest BCUT2D eigenvalue weighted by Gasteiger charge is 2.34. The van der Waals surface area contributed by atoms with Crippen molar-refractivity contribution in [3.05, 3.63) is 17.5 Å². The molecule has 1 atom stereocenters. The topological polar surface area (TPSA) is 95.3 Å². The Morgan fingerprint density at radius 3 is 2.73 bits per heavy atom. The van der Waals surface area contributed by atoms with Crippen LogP contribution in [0.5, 0.6) is 0 Å². The van der Waals surface area contributed by atoms with E-state index < -0.39 is 12.1 Å². The Morgan fingerprint density at radius 2 is 2.18 bits per heavy atom. The molecule has 1 aliphatic rings. The molecule has 1 fully saturated rings. The van der Waals surface area contributed by atoms with Crippen LogP contribution in [0.25, 0.3) is 0 Å². The third-order valence-electron chi connectivity index (χ3n) is 4.00. The predicted molar refractivity (Wildman–Crippen MR) is 83.1 cm³/mol. The lowest BCUT2D eigenvalue weighted by Crippen LogP contribution is -2.48. The Hall–Kier alpha value is -2.05. The summed E-state index contributed by atoms with van der Waals surface area (Å²) in [5, 5.41) is 7.27. The fourth-order valence-electron chi connectivity index (χ4n) is 2.70. The number of hydrogen-bond donors (Lipinski definition) is 2. The maximum Gasteiger partial charge on any atom is 0.315 e. The predicted octanol–water partition coefficient (Wildman–Crippen LogP) is 1.21. The number of aromatic nitrogens is 2. The zero-order valence-corrected chi connectivity index (χ0v) is 13.7. The number of primary amides is 1. The fourth-order valence-corrected chi connectivity index (χ4v) is 2.70. The second-order valence-electron chi connectivity index (χ2n) is 6.91. The quantitative estimate of drug-likeness (QED) is 0.878. The van der Waals surface area contributed by atoms with E-state index in [2.05, 4.69) is 31.0 Å². The minimum atomic E-state index is -0.527. The summed E-state index contributed by atoms with van der Waals surface area (Å²) in [6.07, 6.45) is 1.48. The first-order valence-corrected chi connectivity index (χ1v) is 7.56. The normalized spacial score (nSPS) is 18.5. The molecule has 1 aromatic heterocycles. The van der Waals surface area contributed by atoms with Crippen LogP contribution < -0.4 is 5.73 Å². The van der Waals surface area contributed by atoms with Gasteiger partial charge in [-0.25, -0.2) is 4.79 Å². The number of amides is 3. The van der Waals surface area contributed by atoms with Gasteiger partial charge in [0.25, 0.3) is 0 Å². The number of hydrogen-bond acceptors (Lipinski definition) is 3. The highest BCUT2D eigenvalue weighted by molar-refractivity contribution is 5.87. The average molecular weight is 307 g/mol. The number of urea groups is 1. The number of likely N-dealkylation sites (tertiary alicyclic amines) is 1. The molecule has 1 aliphatic heterocycles. The number of H-pyrrole nitrogens is 1. The summed E-state index contributed by atoms with van der Waals surface area (Å²) < 4.78 is 0. The largest absolute Gasteiger partial charge is 0.351 e. The van der Waals surface area contributed by atoms with Gasteiger partial charge < -0.3 is 15.5 Å². The van der Waals surface area contributed by atoms with Gasteiger partial charge in [-0.1, -0.05) is 20.8 Å². The summed E-state index contributed by atoms with van der Waals surface area (Å²) >= 11 is 0. The van der Waals surface area contributed by atoms with E-state index >= 15 is 0 Å². The molecule has 0 aromatic carbocycles. The van der Waals surface area contributed by atoms with Gasteiger partial charge >= 0.3 is 6.03 Å². The molecule has 0 aliphatic carbocycles. The third-order valence-corrected chi connectivity index (χ3v) is 4.00. The first-order valence-electron chi connectivity index (χ1n) is 7.56. The Kier molecular flexibility index (Phi) is 4.44. The highest BCUT2D eigenvalue weighted by atomic mass is 16.2. The number of nitrogens with two attached hydrogens (primary N) is 1. The number of rotatable bonds is 3. The minimum Gasteiger partial charge on any atom is -0.351 e. The van der Waals surface area contributed by atoms with Crippen molar-refractivity contribution in [2.24, 2.45) is 5.73 Å². The van der Waals surface area contributed by atoms with Gasteiger partial charge in [-0.2, -0.15) is 5.10 Å². The second kappa shape index (κ2) is 5.98. The Morgan fingerprint density at radius 1 is 1.50 bits per heavy atom. The molecule has 22 heavy (non-hydrogen) atoms. The summed E-state index contributed by atoms with van der Waals surface area (Å²) in [4.78, 5) is 27.0. The first-order chi connectivity index (χ1) is 10.2. The molecule has 2 heterocycles. The van der Waals surface area contributed by atoms with Crippen LogP contribution in [0.4, 0.5) is 4.79 Å². The fraction of sp³-hybridized carbons (Fsp3) is 0.667. The van der Waals surface area contributed by atoms with E-state index in [1.807, 2.05) is 6.07 Å². The van der Waals surface area contributed by atoms with E-state index in [0.29, 0.717) is 19.5 Å². The zero-order valence-electron chi connectivity index (χ0n) is 13.7. The number of likely N-dealkylation sites (N-methyl/N-ethyl adjacent to an activating group) is 1. The van der Waals surface area contributed by atoms with Crippen molar-refractivity contribution in [3.8, 4) is 0 Å². The highest BCUT2D eigenvalue weighted by Crippen LogP contribution is 2.22. The van der Waals surface area contributed by atoms with E-state index in [9.17, 15) is 9.59 Å². The van der Waals surface area contributed by atoms with E-state index in [1.165, 1.54) is 4.90 Å². The molecule has 1 aromatic rings. The molecule has 3 amide bonds. The van der Waals surface area contributed by atoms with Crippen molar-refractivity contribution in [2.75, 3.05) is 13.6 Å². The van der Waals surface area contributed by atoms with Crippen molar-refractivity contribution in [1.29, 1.82) is 0 Å². The molecule has 0 spiro atoms. The van der Waals surface area contributed by atoms with Crippen LogP contribution in [0, 0.1) is 0 Å². The standard InChI is InChI=1S/C15H25N5O2/c1-15(2,3)12-8-10(17-18-12)9-19(4)13(21)11-6-5-7-20(11)14(16)22/h8,11H,5-7,9H2,1-4H3,(H2,16,22)(H,17,18)/t11-/m0/s1. The van der Waals surface area contributed by atoms with Gasteiger partial charge in [0.2, 0.25) is 5.91 Å². The molecule has 3 N–H and O–H groups in total. The van der Waals surface area contributed by atoms with Crippen molar-refractivity contribution in [3.63, 3.8) is 0 Å². The Bertz CT molecular complexity index is 561. The van der Waals surface area contributed by atoms with Gasteiger partial charge in [0.1, 0.15) is 6.04 Å². The van der Waals surface area contributed by atoms with Crippen LogP contribution >= 0.6 is 0 Å². The van der Waals surface area contributed by atoms with Gasteiger partial charge in [0.15, 0.2) is 0 Å². The molecule has 0 saturated carbocycles. The molecule has 7 nitrogen and oxygen atoms in total. The smallest absolute Gasteiger partial charge is 0.315 e. The molecule has 0 bridgehead atoms. The molecule has 1 saturated heterocycles. The maximum atomic E-state index is 12.5. The van der Waals surface area contributed by atoms with E-state index in [1.54, 1.807) is 11.9 Å². The molecule has 0 radical (unpaired) electrons. The van der Waals surface area contributed by atoms with Gasteiger partial charge in [-0.05, 0) is 18.9 Å². The Balaban J connectivity index is 2.02. The van der Waals surface area contributed by atoms with Crippen LogP contribution in [0.2, 0.25) is 0 Å². The van der Waals surface area contributed by atoms with Gasteiger partial charge in [-0.15, -0.1) is 0 Å². The summed E-state index contributed by atoms with van der Waals surface area (Å²) in [5.41, 5.74) is 7.13. The van der Waals surface area contributed by atoms with E-state index in [-0.39, 0.29) is 11.3 Å². The molecular weight excluding hydrogens is 282 g/mol. The molecule has 7 heteroatoms. The second-order valence-corrected chi connectivity index (χ2v) is 6.91. The van der Waals surface area contributed by atoms with Crippen LogP contribution in [-0.2, 0) is 16.8 Å². The lowest BCUT2D eigenvalue weighted by molar-refractivity contribution is -0.134. The van der Waals surface area contributed by atoms with E-state index in [0.717, 1.165) is 17.8 Å². The first kappa shape index (κ1) is 16.3. The summed E-state index contributed by atoms with van der Waals surface area (Å²) in [6, 6.07) is 1.01.